The van der Waals surface area contributed by atoms with Crippen molar-refractivity contribution in [3.05, 3.63) is 53.6 Å². The van der Waals surface area contributed by atoms with E-state index in [2.05, 4.69) is 9.97 Å². The second kappa shape index (κ2) is 7.46. The maximum Gasteiger partial charge on any atom is 0.416 e. The lowest BCUT2D eigenvalue weighted by Gasteiger charge is -2.20. The van der Waals surface area contributed by atoms with E-state index in [-0.39, 0.29) is 11.4 Å². The summed E-state index contributed by atoms with van der Waals surface area (Å²) in [6.07, 6.45) is -2.69. The van der Waals surface area contributed by atoms with Crippen LogP contribution in [-0.4, -0.2) is 31.4 Å². The minimum absolute atomic E-state index is 0.302. The van der Waals surface area contributed by atoms with Crippen LogP contribution in [0.5, 0.6) is 5.75 Å². The third-order valence-electron chi connectivity index (χ3n) is 3.14. The van der Waals surface area contributed by atoms with E-state index in [1.54, 1.807) is 4.72 Å². The number of ether oxygens (including phenoxy) is 1. The van der Waals surface area contributed by atoms with E-state index < -0.39 is 37.9 Å². The fourth-order valence-corrected chi connectivity index (χ4v) is 3.40. The molecule has 0 saturated carbocycles. The Morgan fingerprint density at radius 3 is 2.54 bits per heavy atom. The normalized spacial score (nSPS) is 13.1. The van der Waals surface area contributed by atoms with Crippen LogP contribution in [0.15, 0.2) is 36.8 Å². The average Bonchev–Trinajstić information content (AvgIpc) is 2.60. The zero-order valence-electron chi connectivity index (χ0n) is 13.0. The standard InChI is InChI=1S/C14H11ClF3N3O4S/c1-25-10-4-2-3-8(14(16,17)18)11(10)12(15)26(23,24)21-13(22)9-5-6-19-7-20-9/h2-7,12H,1H3,(H,21,22). The number of alkyl halides is 4. The number of hydrogen-bond donors (Lipinski definition) is 1. The van der Waals surface area contributed by atoms with Crippen LogP contribution < -0.4 is 9.46 Å². The van der Waals surface area contributed by atoms with Crippen molar-refractivity contribution in [2.24, 2.45) is 0 Å². The summed E-state index contributed by atoms with van der Waals surface area (Å²) < 4.78 is 68.5. The highest BCUT2D eigenvalue weighted by Crippen LogP contribution is 2.43. The van der Waals surface area contributed by atoms with Crippen molar-refractivity contribution in [3.8, 4) is 5.75 Å². The van der Waals surface area contributed by atoms with Gasteiger partial charge in [-0.15, -0.1) is 0 Å². The predicted octanol–water partition coefficient (Wildman–Crippen LogP) is 2.50. The summed E-state index contributed by atoms with van der Waals surface area (Å²) in [6, 6.07) is 3.95. The van der Waals surface area contributed by atoms with Crippen LogP contribution in [0.2, 0.25) is 0 Å². The topological polar surface area (TPSA) is 98.2 Å². The molecule has 26 heavy (non-hydrogen) atoms. The fraction of sp³-hybridized carbons (Fsp3) is 0.214. The van der Waals surface area contributed by atoms with Crippen LogP contribution >= 0.6 is 11.6 Å². The molecular weight excluding hydrogens is 399 g/mol. The van der Waals surface area contributed by atoms with Crippen molar-refractivity contribution in [2.45, 2.75) is 10.9 Å². The van der Waals surface area contributed by atoms with Crippen molar-refractivity contribution in [3.63, 3.8) is 0 Å². The molecule has 140 valence electrons. The molecule has 0 fully saturated rings. The Morgan fingerprint density at radius 2 is 2.00 bits per heavy atom. The fourth-order valence-electron chi connectivity index (χ4n) is 2.02. The van der Waals surface area contributed by atoms with Crippen LogP contribution in [0, 0.1) is 0 Å². The Kier molecular flexibility index (Phi) is 5.71. The number of amides is 1. The smallest absolute Gasteiger partial charge is 0.416 e. The molecular formula is C14H11ClF3N3O4S. The first-order valence-corrected chi connectivity index (χ1v) is 8.76. The molecule has 0 saturated heterocycles. The number of nitrogens with one attached hydrogen (secondary N) is 1. The first-order chi connectivity index (χ1) is 12.1. The van der Waals surface area contributed by atoms with E-state index in [0.29, 0.717) is 6.07 Å². The average molecular weight is 410 g/mol. The summed E-state index contributed by atoms with van der Waals surface area (Å²) in [5.41, 5.74) is -2.42. The maximum absolute atomic E-state index is 13.2. The molecule has 1 aromatic carbocycles. The van der Waals surface area contributed by atoms with Gasteiger partial charge in [-0.25, -0.2) is 23.1 Å². The van der Waals surface area contributed by atoms with Crippen molar-refractivity contribution < 1.29 is 31.1 Å². The summed E-state index contributed by atoms with van der Waals surface area (Å²) in [6.45, 7) is 0. The number of sulfonamides is 1. The lowest BCUT2D eigenvalue weighted by Crippen LogP contribution is -2.34. The summed E-state index contributed by atoms with van der Waals surface area (Å²) in [5, 5.41) is 0. The second-order valence-corrected chi connectivity index (χ2v) is 7.27. The van der Waals surface area contributed by atoms with E-state index >= 15 is 0 Å². The molecule has 1 heterocycles. The zero-order valence-corrected chi connectivity index (χ0v) is 14.6. The van der Waals surface area contributed by atoms with E-state index in [9.17, 15) is 26.4 Å². The highest BCUT2D eigenvalue weighted by molar-refractivity contribution is 7.91. The van der Waals surface area contributed by atoms with Crippen molar-refractivity contribution in [1.29, 1.82) is 0 Å². The third kappa shape index (κ3) is 4.22. The SMILES string of the molecule is COc1cccc(C(F)(F)F)c1C(Cl)S(=O)(=O)NC(=O)c1ccncn1. The largest absolute Gasteiger partial charge is 0.496 e. The number of carbonyl (C=O) groups is 1. The van der Waals surface area contributed by atoms with Gasteiger partial charge in [0.1, 0.15) is 17.8 Å². The Morgan fingerprint density at radius 1 is 1.31 bits per heavy atom. The van der Waals surface area contributed by atoms with Gasteiger partial charge in [-0.2, -0.15) is 13.2 Å². The van der Waals surface area contributed by atoms with Gasteiger partial charge in [0.2, 0.25) is 0 Å². The van der Waals surface area contributed by atoms with Gasteiger partial charge < -0.3 is 4.74 Å². The van der Waals surface area contributed by atoms with Crippen LogP contribution in [0.1, 0.15) is 26.3 Å². The highest BCUT2D eigenvalue weighted by Gasteiger charge is 2.40. The lowest BCUT2D eigenvalue weighted by molar-refractivity contribution is -0.138. The number of rotatable bonds is 5. The first-order valence-electron chi connectivity index (χ1n) is 6.78. The van der Waals surface area contributed by atoms with Crippen LogP contribution in [-0.2, 0) is 16.2 Å². The number of aromatic nitrogens is 2. The summed E-state index contributed by atoms with van der Waals surface area (Å²) in [4.78, 5) is 19.0. The molecule has 12 heteroatoms. The van der Waals surface area contributed by atoms with E-state index in [0.717, 1.165) is 31.6 Å². The van der Waals surface area contributed by atoms with Crippen LogP contribution in [0.25, 0.3) is 0 Å². The third-order valence-corrected chi connectivity index (χ3v) is 5.31. The molecule has 2 aromatic rings. The molecule has 0 aliphatic carbocycles. The molecule has 7 nitrogen and oxygen atoms in total. The number of nitrogens with zero attached hydrogens (tertiary/aromatic N) is 2. The van der Waals surface area contributed by atoms with Gasteiger partial charge in [0.05, 0.1) is 12.7 Å². The lowest BCUT2D eigenvalue weighted by atomic mass is 10.1. The summed E-state index contributed by atoms with van der Waals surface area (Å²) in [5.74, 6) is -1.55. The van der Waals surface area contributed by atoms with Crippen LogP contribution in [0.3, 0.4) is 0 Å². The zero-order chi connectivity index (χ0) is 19.5. The molecule has 0 radical (unpaired) electrons. The molecule has 0 bridgehead atoms. The molecule has 1 amide bonds. The van der Waals surface area contributed by atoms with Gasteiger partial charge in [0, 0.05) is 11.8 Å². The van der Waals surface area contributed by atoms with Gasteiger partial charge in [-0.3, -0.25) is 4.79 Å². The summed E-state index contributed by atoms with van der Waals surface area (Å²) in [7, 11) is -3.69. The number of halogens is 4. The predicted molar refractivity (Wildman–Crippen MR) is 85.0 cm³/mol. The van der Waals surface area contributed by atoms with Gasteiger partial charge >= 0.3 is 6.18 Å². The highest BCUT2D eigenvalue weighted by atomic mass is 35.5. The van der Waals surface area contributed by atoms with Crippen molar-refractivity contribution in [2.75, 3.05) is 7.11 Å². The molecule has 0 spiro atoms. The number of benzene rings is 1. The second-order valence-electron chi connectivity index (χ2n) is 4.81. The molecule has 0 aliphatic heterocycles. The van der Waals surface area contributed by atoms with Gasteiger partial charge in [-0.1, -0.05) is 17.7 Å². The van der Waals surface area contributed by atoms with Gasteiger partial charge in [-0.05, 0) is 18.2 Å². The van der Waals surface area contributed by atoms with E-state index in [4.69, 9.17) is 16.3 Å². The first kappa shape index (κ1) is 19.9. The summed E-state index contributed by atoms with van der Waals surface area (Å²) >= 11 is 5.81. The molecule has 1 unspecified atom stereocenters. The molecule has 0 aliphatic rings. The maximum atomic E-state index is 13.2. The monoisotopic (exact) mass is 409 g/mol. The van der Waals surface area contributed by atoms with Gasteiger partial charge in [0.25, 0.3) is 15.9 Å². The van der Waals surface area contributed by atoms with E-state index in [1.807, 2.05) is 0 Å². The molecule has 2 rings (SSSR count). The number of carbonyl (C=O) groups excluding carboxylic acids is 1. The molecule has 1 atom stereocenters. The molecule has 1 N–H and O–H groups in total. The van der Waals surface area contributed by atoms with Gasteiger partial charge in [0.15, 0.2) is 4.71 Å². The van der Waals surface area contributed by atoms with E-state index in [1.165, 1.54) is 6.20 Å². The van der Waals surface area contributed by atoms with Crippen molar-refractivity contribution in [1.82, 2.24) is 14.7 Å². The quantitative estimate of drug-likeness (QED) is 0.762. The molecule has 1 aromatic heterocycles. The minimum Gasteiger partial charge on any atom is -0.496 e. The minimum atomic E-state index is -4.89. The number of methoxy groups -OCH3 is 1. The van der Waals surface area contributed by atoms with Crippen LogP contribution in [0.4, 0.5) is 13.2 Å². The van der Waals surface area contributed by atoms with Crippen molar-refractivity contribution >= 4 is 27.5 Å². The Labute approximate surface area is 151 Å². The Balaban J connectivity index is 2.44. The number of hydrogen-bond acceptors (Lipinski definition) is 6. The Bertz CT molecular complexity index is 907. The Hall–Kier alpha value is -2.40.